The van der Waals surface area contributed by atoms with Crippen molar-refractivity contribution in [3.8, 4) is 0 Å². The summed E-state index contributed by atoms with van der Waals surface area (Å²) in [7, 11) is 0. The second-order valence-electron chi connectivity index (χ2n) is 3.48. The number of aliphatic hydroxyl groups excluding tert-OH is 1. The minimum Gasteiger partial charge on any atom is -0.480 e. The van der Waals surface area contributed by atoms with Crippen molar-refractivity contribution in [1.29, 1.82) is 0 Å². The van der Waals surface area contributed by atoms with E-state index in [4.69, 9.17) is 10.2 Å². The lowest BCUT2D eigenvalue weighted by Crippen LogP contribution is -2.43. The second kappa shape index (κ2) is 5.97. The Morgan fingerprint density at radius 3 is 2.65 bits per heavy atom. The first kappa shape index (κ1) is 13.9. The maximum Gasteiger partial charge on any atom is 0.328 e. The third-order valence-electron chi connectivity index (χ3n) is 2.22. The van der Waals surface area contributed by atoms with Gasteiger partial charge in [0.05, 0.1) is 12.2 Å². The third kappa shape index (κ3) is 3.40. The summed E-state index contributed by atoms with van der Waals surface area (Å²) in [4.78, 5) is 22.5. The lowest BCUT2D eigenvalue weighted by atomic mass is 10.1. The van der Waals surface area contributed by atoms with Crippen LogP contribution in [0, 0.1) is 10.5 Å². The summed E-state index contributed by atoms with van der Waals surface area (Å²) in [6.07, 6.45) is 0. The Labute approximate surface area is 112 Å². The summed E-state index contributed by atoms with van der Waals surface area (Å²) in [6.45, 7) is 1.22. The minimum atomic E-state index is -1.28. The molecule has 0 unspecified atom stereocenters. The van der Waals surface area contributed by atoms with Crippen molar-refractivity contribution in [3.63, 3.8) is 0 Å². The zero-order valence-electron chi connectivity index (χ0n) is 9.11. The van der Waals surface area contributed by atoms with E-state index in [9.17, 15) is 9.59 Å². The van der Waals surface area contributed by atoms with Crippen LogP contribution in [0.2, 0.25) is 0 Å². The molecule has 0 fully saturated rings. The summed E-state index contributed by atoms with van der Waals surface area (Å²) < 4.78 is 0.768. The van der Waals surface area contributed by atoms with Crippen LogP contribution < -0.4 is 5.32 Å². The standard InChI is InChI=1S/C11H12INO4/c1-6-3-2-4-7(9(6)12)10(15)13-8(5-14)11(16)17/h2-4,8,14H,5H2,1H3,(H,13,15)(H,16,17)/t8-/m1/s1. The van der Waals surface area contributed by atoms with Crippen molar-refractivity contribution in [3.05, 3.63) is 32.9 Å². The molecule has 0 bridgehead atoms. The molecule has 0 saturated heterocycles. The zero-order valence-corrected chi connectivity index (χ0v) is 11.3. The van der Waals surface area contributed by atoms with Crippen LogP contribution in [0.3, 0.4) is 0 Å². The molecule has 0 spiro atoms. The van der Waals surface area contributed by atoms with Gasteiger partial charge >= 0.3 is 5.97 Å². The normalized spacial score (nSPS) is 11.9. The van der Waals surface area contributed by atoms with Crippen LogP contribution in [-0.2, 0) is 4.79 Å². The fourth-order valence-corrected chi connectivity index (χ4v) is 1.85. The third-order valence-corrected chi connectivity index (χ3v) is 3.65. The molecule has 1 amide bonds. The van der Waals surface area contributed by atoms with E-state index >= 15 is 0 Å². The Kier molecular flexibility index (Phi) is 4.88. The fraction of sp³-hybridized carbons (Fsp3) is 0.273. The number of carbonyl (C=O) groups excluding carboxylic acids is 1. The molecule has 6 heteroatoms. The summed E-state index contributed by atoms with van der Waals surface area (Å²) >= 11 is 2.03. The lowest BCUT2D eigenvalue weighted by Gasteiger charge is -2.13. The first-order chi connectivity index (χ1) is 7.97. The molecule has 0 aliphatic carbocycles. The predicted molar refractivity (Wildman–Crippen MR) is 69.9 cm³/mol. The maximum atomic E-state index is 11.8. The Hall–Kier alpha value is -1.15. The van der Waals surface area contributed by atoms with Gasteiger partial charge in [-0.2, -0.15) is 0 Å². The number of halogens is 1. The first-order valence-electron chi connectivity index (χ1n) is 4.87. The summed E-state index contributed by atoms with van der Waals surface area (Å²) in [5, 5.41) is 19.8. The lowest BCUT2D eigenvalue weighted by molar-refractivity contribution is -0.140. The molecule has 0 aromatic heterocycles. The SMILES string of the molecule is Cc1cccc(C(=O)N[C@H](CO)C(=O)O)c1I. The van der Waals surface area contributed by atoms with Crippen LogP contribution in [0.4, 0.5) is 0 Å². The van der Waals surface area contributed by atoms with Gasteiger partial charge in [0.15, 0.2) is 6.04 Å². The molecular formula is C11H12INO4. The zero-order chi connectivity index (χ0) is 13.0. The number of hydrogen-bond donors (Lipinski definition) is 3. The van der Waals surface area contributed by atoms with E-state index in [1.165, 1.54) is 0 Å². The highest BCUT2D eigenvalue weighted by Crippen LogP contribution is 2.16. The van der Waals surface area contributed by atoms with Gasteiger partial charge in [0.25, 0.3) is 5.91 Å². The van der Waals surface area contributed by atoms with Gasteiger partial charge in [-0.1, -0.05) is 12.1 Å². The maximum absolute atomic E-state index is 11.8. The number of hydrogen-bond acceptors (Lipinski definition) is 3. The van der Waals surface area contributed by atoms with Crippen molar-refractivity contribution in [2.75, 3.05) is 6.61 Å². The molecule has 92 valence electrons. The van der Waals surface area contributed by atoms with Crippen LogP contribution >= 0.6 is 22.6 Å². The van der Waals surface area contributed by atoms with Crippen molar-refractivity contribution in [2.24, 2.45) is 0 Å². The Morgan fingerprint density at radius 1 is 1.47 bits per heavy atom. The van der Waals surface area contributed by atoms with Crippen LogP contribution in [0.1, 0.15) is 15.9 Å². The average molecular weight is 349 g/mol. The number of aliphatic hydroxyl groups is 1. The molecular weight excluding hydrogens is 337 g/mol. The monoisotopic (exact) mass is 349 g/mol. The van der Waals surface area contributed by atoms with E-state index in [1.807, 2.05) is 35.6 Å². The Balaban J connectivity index is 2.90. The number of rotatable bonds is 4. The molecule has 1 aromatic carbocycles. The minimum absolute atomic E-state index is 0.408. The van der Waals surface area contributed by atoms with E-state index in [0.29, 0.717) is 5.56 Å². The van der Waals surface area contributed by atoms with Crippen LogP contribution in [0.5, 0.6) is 0 Å². The molecule has 0 radical (unpaired) electrons. The number of amides is 1. The first-order valence-corrected chi connectivity index (χ1v) is 5.95. The number of nitrogens with one attached hydrogen (secondary N) is 1. The summed E-state index contributed by atoms with van der Waals surface area (Å²) in [5.41, 5.74) is 1.35. The van der Waals surface area contributed by atoms with E-state index in [0.717, 1.165) is 9.13 Å². The molecule has 5 nitrogen and oxygen atoms in total. The van der Waals surface area contributed by atoms with Crippen molar-refractivity contribution in [1.82, 2.24) is 5.32 Å². The van der Waals surface area contributed by atoms with Gasteiger partial charge in [0.2, 0.25) is 0 Å². The second-order valence-corrected chi connectivity index (χ2v) is 4.56. The highest BCUT2D eigenvalue weighted by molar-refractivity contribution is 14.1. The summed E-state index contributed by atoms with van der Waals surface area (Å²) in [6, 6.07) is 3.92. The number of aliphatic carboxylic acids is 1. The van der Waals surface area contributed by atoms with Gasteiger partial charge in [-0.05, 0) is 41.1 Å². The molecule has 17 heavy (non-hydrogen) atoms. The van der Waals surface area contributed by atoms with Gasteiger partial charge in [-0.15, -0.1) is 0 Å². The van der Waals surface area contributed by atoms with Gasteiger partial charge < -0.3 is 15.5 Å². The Morgan fingerprint density at radius 2 is 2.12 bits per heavy atom. The van der Waals surface area contributed by atoms with Gasteiger partial charge in [-0.3, -0.25) is 4.79 Å². The molecule has 1 atom stereocenters. The highest BCUT2D eigenvalue weighted by atomic mass is 127. The van der Waals surface area contributed by atoms with Gasteiger partial charge in [0, 0.05) is 3.57 Å². The van der Waals surface area contributed by atoms with Crippen LogP contribution in [0.15, 0.2) is 18.2 Å². The van der Waals surface area contributed by atoms with E-state index in [2.05, 4.69) is 5.32 Å². The molecule has 0 aliphatic heterocycles. The number of carbonyl (C=O) groups is 2. The summed E-state index contributed by atoms with van der Waals surface area (Å²) in [5.74, 6) is -1.76. The van der Waals surface area contributed by atoms with E-state index in [1.54, 1.807) is 12.1 Å². The van der Waals surface area contributed by atoms with Crippen LogP contribution in [0.25, 0.3) is 0 Å². The largest absolute Gasteiger partial charge is 0.480 e. The van der Waals surface area contributed by atoms with Crippen molar-refractivity contribution < 1.29 is 19.8 Å². The number of carboxylic acids is 1. The highest BCUT2D eigenvalue weighted by Gasteiger charge is 2.20. The van der Waals surface area contributed by atoms with Crippen molar-refractivity contribution >= 4 is 34.5 Å². The topological polar surface area (TPSA) is 86.6 Å². The van der Waals surface area contributed by atoms with E-state index in [-0.39, 0.29) is 0 Å². The fourth-order valence-electron chi connectivity index (χ4n) is 1.24. The van der Waals surface area contributed by atoms with Gasteiger partial charge in [-0.25, -0.2) is 4.79 Å². The Bertz CT molecular complexity index is 447. The molecule has 0 aliphatic rings. The molecule has 1 aromatic rings. The van der Waals surface area contributed by atoms with E-state index < -0.39 is 24.5 Å². The quantitative estimate of drug-likeness (QED) is 0.701. The molecule has 1 rings (SSSR count). The number of aryl methyl sites for hydroxylation is 1. The van der Waals surface area contributed by atoms with Crippen LogP contribution in [-0.4, -0.2) is 34.7 Å². The molecule has 0 heterocycles. The number of benzene rings is 1. The average Bonchev–Trinajstić information content (AvgIpc) is 2.28. The number of carboxylic acid groups (broad SMARTS) is 1. The van der Waals surface area contributed by atoms with Crippen molar-refractivity contribution in [2.45, 2.75) is 13.0 Å². The predicted octanol–water partition coefficient (Wildman–Crippen LogP) is 0.775. The molecule has 0 saturated carbocycles. The molecule has 3 N–H and O–H groups in total. The smallest absolute Gasteiger partial charge is 0.328 e. The van der Waals surface area contributed by atoms with Gasteiger partial charge in [0.1, 0.15) is 0 Å².